The average molecular weight is 382 g/mol. The summed E-state index contributed by atoms with van der Waals surface area (Å²) in [5.74, 6) is 1.58. The lowest BCUT2D eigenvalue weighted by atomic mass is 10.3. The van der Waals surface area contributed by atoms with Gasteiger partial charge < -0.3 is 15.1 Å². The van der Waals surface area contributed by atoms with E-state index in [-0.39, 0.29) is 5.91 Å². The predicted octanol–water partition coefficient (Wildman–Crippen LogP) is 2.79. The van der Waals surface area contributed by atoms with Crippen molar-refractivity contribution in [2.75, 3.05) is 42.9 Å². The topological polar surface area (TPSA) is 74.2 Å². The number of aryl methyl sites for hydroxylation is 1. The van der Waals surface area contributed by atoms with Crippen LogP contribution in [0.15, 0.2) is 30.3 Å². The number of nitrogens with one attached hydrogen (secondary N) is 1. The van der Waals surface area contributed by atoms with Crippen molar-refractivity contribution in [3.05, 3.63) is 41.0 Å². The molecule has 0 bridgehead atoms. The maximum absolute atomic E-state index is 12.8. The molecule has 1 aromatic carbocycles. The minimum Gasteiger partial charge on any atom is -0.354 e. The van der Waals surface area contributed by atoms with Crippen LogP contribution in [0.4, 0.5) is 11.8 Å². The van der Waals surface area contributed by atoms with Crippen LogP contribution in [-0.4, -0.2) is 58.5 Å². The highest BCUT2D eigenvalue weighted by atomic mass is 32.1. The monoisotopic (exact) mass is 382 g/mol. The first-order valence-corrected chi connectivity index (χ1v) is 9.95. The van der Waals surface area contributed by atoms with Crippen molar-refractivity contribution in [2.45, 2.75) is 13.8 Å². The lowest BCUT2D eigenvalue weighted by molar-refractivity contribution is 0.0746. The Kier molecular flexibility index (Phi) is 4.89. The second-order valence-electron chi connectivity index (χ2n) is 6.49. The Hall–Kier alpha value is -2.74. The maximum Gasteiger partial charge on any atom is 0.282 e. The molecule has 0 atom stereocenters. The van der Waals surface area contributed by atoms with Crippen molar-refractivity contribution in [1.82, 2.24) is 19.9 Å². The first kappa shape index (κ1) is 17.7. The van der Waals surface area contributed by atoms with E-state index in [1.165, 1.54) is 11.3 Å². The van der Waals surface area contributed by atoms with Gasteiger partial charge in [-0.15, -0.1) is 11.3 Å². The standard InChI is InChI=1S/C19H22N6OS/c1-3-20-19-21-13(2)12-16(23-19)24-8-10-25(11-9-24)18(26)17-22-14-6-4-5-7-15(14)27-17/h4-7,12H,3,8-11H2,1-2H3,(H,20,21,23). The molecule has 0 saturated carbocycles. The fourth-order valence-electron chi connectivity index (χ4n) is 3.19. The van der Waals surface area contributed by atoms with Crippen LogP contribution in [0.3, 0.4) is 0 Å². The number of benzene rings is 1. The van der Waals surface area contributed by atoms with E-state index in [4.69, 9.17) is 0 Å². The number of carbonyl (C=O) groups excluding carboxylic acids is 1. The summed E-state index contributed by atoms with van der Waals surface area (Å²) in [7, 11) is 0. The Morgan fingerprint density at radius 2 is 1.93 bits per heavy atom. The zero-order valence-electron chi connectivity index (χ0n) is 15.5. The number of para-hydroxylation sites is 1. The number of nitrogens with zero attached hydrogens (tertiary/aromatic N) is 5. The van der Waals surface area contributed by atoms with Gasteiger partial charge in [0.05, 0.1) is 10.2 Å². The van der Waals surface area contributed by atoms with Gasteiger partial charge in [0.25, 0.3) is 5.91 Å². The minimum atomic E-state index is 0.0167. The molecule has 1 amide bonds. The third-order valence-corrected chi connectivity index (χ3v) is 5.57. The van der Waals surface area contributed by atoms with Crippen molar-refractivity contribution in [1.29, 1.82) is 0 Å². The van der Waals surface area contributed by atoms with E-state index in [0.29, 0.717) is 24.0 Å². The quantitative estimate of drug-likeness (QED) is 0.748. The zero-order chi connectivity index (χ0) is 18.8. The second-order valence-corrected chi connectivity index (χ2v) is 7.52. The van der Waals surface area contributed by atoms with E-state index in [1.807, 2.05) is 49.1 Å². The number of carbonyl (C=O) groups is 1. The number of aromatic nitrogens is 3. The van der Waals surface area contributed by atoms with E-state index >= 15 is 0 Å². The molecule has 1 N–H and O–H groups in total. The summed E-state index contributed by atoms with van der Waals surface area (Å²) < 4.78 is 1.05. The highest BCUT2D eigenvalue weighted by molar-refractivity contribution is 7.20. The predicted molar refractivity (Wildman–Crippen MR) is 109 cm³/mol. The summed E-state index contributed by atoms with van der Waals surface area (Å²) in [4.78, 5) is 30.4. The Bertz CT molecular complexity index is 931. The van der Waals surface area contributed by atoms with Crippen LogP contribution >= 0.6 is 11.3 Å². The highest BCUT2D eigenvalue weighted by Gasteiger charge is 2.25. The zero-order valence-corrected chi connectivity index (χ0v) is 16.3. The number of thiazole rings is 1. The van der Waals surface area contributed by atoms with E-state index in [1.54, 1.807) is 0 Å². The average Bonchev–Trinajstić information content (AvgIpc) is 3.11. The normalized spacial score (nSPS) is 14.6. The van der Waals surface area contributed by atoms with Crippen LogP contribution in [0, 0.1) is 6.92 Å². The minimum absolute atomic E-state index is 0.0167. The molecular formula is C19H22N6OS. The van der Waals surface area contributed by atoms with Gasteiger partial charge in [0, 0.05) is 44.5 Å². The second kappa shape index (κ2) is 7.48. The van der Waals surface area contributed by atoms with Crippen LogP contribution in [0.2, 0.25) is 0 Å². The van der Waals surface area contributed by atoms with E-state index < -0.39 is 0 Å². The molecule has 1 fully saturated rings. The Morgan fingerprint density at radius 1 is 1.15 bits per heavy atom. The van der Waals surface area contributed by atoms with Gasteiger partial charge in [-0.1, -0.05) is 12.1 Å². The summed E-state index contributed by atoms with van der Waals surface area (Å²) in [5.41, 5.74) is 1.82. The van der Waals surface area contributed by atoms with Crippen molar-refractivity contribution in [2.24, 2.45) is 0 Å². The molecule has 140 valence electrons. The molecular weight excluding hydrogens is 360 g/mol. The van der Waals surface area contributed by atoms with E-state index in [0.717, 1.165) is 41.4 Å². The van der Waals surface area contributed by atoms with Gasteiger partial charge in [0.15, 0.2) is 5.01 Å². The molecule has 7 nitrogen and oxygen atoms in total. The van der Waals surface area contributed by atoms with Gasteiger partial charge in [-0.3, -0.25) is 4.79 Å². The van der Waals surface area contributed by atoms with Crippen molar-refractivity contribution >= 4 is 39.2 Å². The third-order valence-electron chi connectivity index (χ3n) is 4.54. The number of hydrogen-bond acceptors (Lipinski definition) is 7. The van der Waals surface area contributed by atoms with Gasteiger partial charge in [-0.05, 0) is 26.0 Å². The molecule has 1 saturated heterocycles. The smallest absolute Gasteiger partial charge is 0.282 e. The maximum atomic E-state index is 12.8. The summed E-state index contributed by atoms with van der Waals surface area (Å²) in [6.45, 7) is 7.60. The van der Waals surface area contributed by atoms with Gasteiger partial charge in [-0.2, -0.15) is 4.98 Å². The van der Waals surface area contributed by atoms with Crippen LogP contribution in [-0.2, 0) is 0 Å². The fraction of sp³-hybridized carbons (Fsp3) is 0.368. The lowest BCUT2D eigenvalue weighted by Gasteiger charge is -2.35. The number of piperazine rings is 1. The molecule has 0 unspecified atom stereocenters. The molecule has 0 spiro atoms. The third kappa shape index (κ3) is 3.71. The largest absolute Gasteiger partial charge is 0.354 e. The lowest BCUT2D eigenvalue weighted by Crippen LogP contribution is -2.49. The molecule has 8 heteroatoms. The molecule has 3 heterocycles. The molecule has 2 aromatic heterocycles. The van der Waals surface area contributed by atoms with Crippen LogP contribution < -0.4 is 10.2 Å². The van der Waals surface area contributed by atoms with Gasteiger partial charge in [0.2, 0.25) is 5.95 Å². The molecule has 1 aliphatic heterocycles. The Morgan fingerprint density at radius 3 is 2.67 bits per heavy atom. The van der Waals surface area contributed by atoms with Crippen molar-refractivity contribution < 1.29 is 4.79 Å². The van der Waals surface area contributed by atoms with Crippen molar-refractivity contribution in [3.63, 3.8) is 0 Å². The van der Waals surface area contributed by atoms with Crippen LogP contribution in [0.1, 0.15) is 22.4 Å². The Balaban J connectivity index is 1.45. The van der Waals surface area contributed by atoms with Gasteiger partial charge in [-0.25, -0.2) is 9.97 Å². The van der Waals surface area contributed by atoms with Gasteiger partial charge in [0.1, 0.15) is 5.82 Å². The molecule has 4 rings (SSSR count). The number of rotatable bonds is 4. The number of amides is 1. The molecule has 0 radical (unpaired) electrons. The molecule has 3 aromatic rings. The highest BCUT2D eigenvalue weighted by Crippen LogP contribution is 2.24. The summed E-state index contributed by atoms with van der Waals surface area (Å²) >= 11 is 1.46. The van der Waals surface area contributed by atoms with E-state index in [2.05, 4.69) is 25.2 Å². The summed E-state index contributed by atoms with van der Waals surface area (Å²) in [5, 5.41) is 3.74. The summed E-state index contributed by atoms with van der Waals surface area (Å²) in [6, 6.07) is 9.85. The number of anilines is 2. The van der Waals surface area contributed by atoms with E-state index in [9.17, 15) is 4.79 Å². The fourth-order valence-corrected chi connectivity index (χ4v) is 4.12. The first-order chi connectivity index (χ1) is 13.1. The van der Waals surface area contributed by atoms with Crippen LogP contribution in [0.25, 0.3) is 10.2 Å². The van der Waals surface area contributed by atoms with Crippen LogP contribution in [0.5, 0.6) is 0 Å². The first-order valence-electron chi connectivity index (χ1n) is 9.13. The molecule has 27 heavy (non-hydrogen) atoms. The molecule has 1 aliphatic rings. The Labute approximate surface area is 162 Å². The van der Waals surface area contributed by atoms with Crippen molar-refractivity contribution in [3.8, 4) is 0 Å². The van der Waals surface area contributed by atoms with Gasteiger partial charge >= 0.3 is 0 Å². The molecule has 0 aliphatic carbocycles. The summed E-state index contributed by atoms with van der Waals surface area (Å²) in [6.07, 6.45) is 0. The number of fused-ring (bicyclic) bond motifs is 1. The number of hydrogen-bond donors (Lipinski definition) is 1. The SMILES string of the molecule is CCNc1nc(C)cc(N2CCN(C(=O)c3nc4ccccc4s3)CC2)n1.